The maximum absolute atomic E-state index is 9.57. The fraction of sp³-hybridized carbons (Fsp3) is 0.611. The monoisotopic (exact) mass is 302 g/mol. The van der Waals surface area contributed by atoms with E-state index in [1.54, 1.807) is 11.8 Å². The second kappa shape index (κ2) is 8.34. The highest BCUT2D eigenvalue weighted by atomic mass is 32.2. The summed E-state index contributed by atoms with van der Waals surface area (Å²) in [4.78, 5) is 3.57. The number of nitrogens with zero attached hydrogens (tertiary/aromatic N) is 2. The van der Waals surface area contributed by atoms with Crippen molar-refractivity contribution in [3.63, 3.8) is 0 Å². The van der Waals surface area contributed by atoms with Gasteiger partial charge < -0.3 is 4.90 Å². The molecule has 0 saturated carbocycles. The van der Waals surface area contributed by atoms with Gasteiger partial charge in [-0.25, -0.2) is 0 Å². The first-order chi connectivity index (χ1) is 10.3. The summed E-state index contributed by atoms with van der Waals surface area (Å²) in [7, 11) is 0. The van der Waals surface area contributed by atoms with Crippen molar-refractivity contribution in [2.24, 2.45) is 5.92 Å². The number of anilines is 1. The van der Waals surface area contributed by atoms with Crippen molar-refractivity contribution in [3.05, 3.63) is 23.8 Å². The lowest BCUT2D eigenvalue weighted by atomic mass is 9.96. The number of thioether (sulfide) groups is 1. The van der Waals surface area contributed by atoms with Crippen LogP contribution in [0.25, 0.3) is 0 Å². The average molecular weight is 302 g/mol. The van der Waals surface area contributed by atoms with Crippen LogP contribution in [0.4, 0.5) is 5.69 Å². The van der Waals surface area contributed by atoms with Gasteiger partial charge in [0.05, 0.1) is 11.3 Å². The van der Waals surface area contributed by atoms with Crippen LogP contribution in [0.1, 0.15) is 51.5 Å². The van der Waals surface area contributed by atoms with Crippen LogP contribution >= 0.6 is 11.8 Å². The van der Waals surface area contributed by atoms with Gasteiger partial charge in [0.2, 0.25) is 0 Å². The van der Waals surface area contributed by atoms with Gasteiger partial charge in [-0.3, -0.25) is 0 Å². The number of rotatable bonds is 5. The minimum Gasteiger partial charge on any atom is -0.370 e. The highest BCUT2D eigenvalue weighted by molar-refractivity contribution is 7.99. The lowest BCUT2D eigenvalue weighted by molar-refractivity contribution is 0.435. The molecule has 1 fully saturated rings. The predicted molar refractivity (Wildman–Crippen MR) is 92.0 cm³/mol. The van der Waals surface area contributed by atoms with E-state index in [1.165, 1.54) is 32.1 Å². The minimum absolute atomic E-state index is 0.873. The number of benzene rings is 1. The standard InChI is InChI=1S/C18H26N2S/c1-3-7-15-8-6-12-20(13-11-15)17-9-5-10-18(21-4-2)16(17)14-19/h5,9-10,15H,3-4,6-8,11-13H2,1-2H3. The molecule has 2 rings (SSSR count). The molecule has 1 aromatic rings. The van der Waals surface area contributed by atoms with E-state index < -0.39 is 0 Å². The van der Waals surface area contributed by atoms with Crippen molar-refractivity contribution in [1.82, 2.24) is 0 Å². The fourth-order valence-electron chi connectivity index (χ4n) is 3.27. The molecule has 3 heteroatoms. The molecule has 1 aromatic carbocycles. The first kappa shape index (κ1) is 16.2. The van der Waals surface area contributed by atoms with Crippen LogP contribution in [0, 0.1) is 17.2 Å². The van der Waals surface area contributed by atoms with Gasteiger partial charge in [0.15, 0.2) is 0 Å². The van der Waals surface area contributed by atoms with Gasteiger partial charge in [0.25, 0.3) is 0 Å². The van der Waals surface area contributed by atoms with Crippen molar-refractivity contribution in [3.8, 4) is 6.07 Å². The zero-order valence-corrected chi connectivity index (χ0v) is 14.1. The lowest BCUT2D eigenvalue weighted by Crippen LogP contribution is -2.25. The van der Waals surface area contributed by atoms with Gasteiger partial charge in [-0.1, -0.05) is 32.8 Å². The normalized spacial score (nSPS) is 19.1. The molecule has 1 atom stereocenters. The third-order valence-electron chi connectivity index (χ3n) is 4.30. The Bertz CT molecular complexity index is 492. The highest BCUT2D eigenvalue weighted by Gasteiger charge is 2.19. The van der Waals surface area contributed by atoms with Crippen LogP contribution < -0.4 is 4.90 Å². The molecule has 0 amide bonds. The quantitative estimate of drug-likeness (QED) is 0.710. The van der Waals surface area contributed by atoms with Gasteiger partial charge in [-0.05, 0) is 43.1 Å². The van der Waals surface area contributed by atoms with Crippen molar-refractivity contribution < 1.29 is 0 Å². The van der Waals surface area contributed by atoms with E-state index >= 15 is 0 Å². The Hall–Kier alpha value is -1.14. The summed E-state index contributed by atoms with van der Waals surface area (Å²) in [5.74, 6) is 1.88. The topological polar surface area (TPSA) is 27.0 Å². The smallest absolute Gasteiger partial charge is 0.103 e. The van der Waals surface area contributed by atoms with Crippen molar-refractivity contribution in [1.29, 1.82) is 5.26 Å². The molecule has 1 unspecified atom stereocenters. The van der Waals surface area contributed by atoms with E-state index in [0.717, 1.165) is 40.9 Å². The van der Waals surface area contributed by atoms with E-state index in [-0.39, 0.29) is 0 Å². The van der Waals surface area contributed by atoms with Gasteiger partial charge in [-0.15, -0.1) is 11.8 Å². The SMILES string of the molecule is CCCC1CCCN(c2cccc(SCC)c2C#N)CC1. The van der Waals surface area contributed by atoms with Crippen LogP contribution in [-0.2, 0) is 0 Å². The van der Waals surface area contributed by atoms with Crippen molar-refractivity contribution >= 4 is 17.4 Å². The largest absolute Gasteiger partial charge is 0.370 e. The lowest BCUT2D eigenvalue weighted by Gasteiger charge is -2.25. The van der Waals surface area contributed by atoms with Gasteiger partial charge in [-0.2, -0.15) is 5.26 Å². The molecular weight excluding hydrogens is 276 g/mol. The van der Waals surface area contributed by atoms with E-state index in [1.807, 2.05) is 0 Å². The van der Waals surface area contributed by atoms with Crippen LogP contribution in [-0.4, -0.2) is 18.8 Å². The van der Waals surface area contributed by atoms with E-state index in [0.29, 0.717) is 0 Å². The predicted octanol–water partition coefficient (Wildman–Crippen LogP) is 5.08. The first-order valence-electron chi connectivity index (χ1n) is 8.21. The van der Waals surface area contributed by atoms with Crippen LogP contribution in [0.2, 0.25) is 0 Å². The molecular formula is C18H26N2S. The average Bonchev–Trinajstić information content (AvgIpc) is 2.73. The molecule has 114 valence electrons. The summed E-state index contributed by atoms with van der Waals surface area (Å²) >= 11 is 1.77. The van der Waals surface area contributed by atoms with Crippen molar-refractivity contribution in [2.75, 3.05) is 23.7 Å². The minimum atomic E-state index is 0.873. The molecule has 1 aliphatic heterocycles. The maximum atomic E-state index is 9.57. The second-order valence-electron chi connectivity index (χ2n) is 5.77. The zero-order chi connectivity index (χ0) is 15.1. The molecule has 21 heavy (non-hydrogen) atoms. The summed E-state index contributed by atoms with van der Waals surface area (Å²) in [5, 5.41) is 9.57. The summed E-state index contributed by atoms with van der Waals surface area (Å²) in [6, 6.07) is 8.74. The Morgan fingerprint density at radius 3 is 2.86 bits per heavy atom. The van der Waals surface area contributed by atoms with E-state index in [9.17, 15) is 5.26 Å². The Labute approximate surface area is 133 Å². The van der Waals surface area contributed by atoms with Crippen LogP contribution in [0.15, 0.2) is 23.1 Å². The molecule has 0 N–H and O–H groups in total. The van der Waals surface area contributed by atoms with E-state index in [2.05, 4.69) is 43.0 Å². The zero-order valence-electron chi connectivity index (χ0n) is 13.3. The van der Waals surface area contributed by atoms with Crippen molar-refractivity contribution in [2.45, 2.75) is 50.8 Å². The van der Waals surface area contributed by atoms with Gasteiger partial charge >= 0.3 is 0 Å². The van der Waals surface area contributed by atoms with Crippen LogP contribution in [0.3, 0.4) is 0 Å². The van der Waals surface area contributed by atoms with Gasteiger partial charge in [0, 0.05) is 18.0 Å². The Morgan fingerprint density at radius 2 is 2.14 bits per heavy atom. The van der Waals surface area contributed by atoms with E-state index in [4.69, 9.17) is 0 Å². The molecule has 0 aromatic heterocycles. The van der Waals surface area contributed by atoms with Gasteiger partial charge in [0.1, 0.15) is 6.07 Å². The summed E-state index contributed by atoms with van der Waals surface area (Å²) in [6.45, 7) is 6.61. The summed E-state index contributed by atoms with van der Waals surface area (Å²) < 4.78 is 0. The molecule has 0 spiro atoms. The Kier molecular flexibility index (Phi) is 6.45. The third kappa shape index (κ3) is 4.17. The molecule has 1 saturated heterocycles. The molecule has 1 heterocycles. The first-order valence-corrected chi connectivity index (χ1v) is 9.19. The molecule has 2 nitrogen and oxygen atoms in total. The third-order valence-corrected chi connectivity index (χ3v) is 5.24. The Balaban J connectivity index is 2.18. The number of hydrogen-bond acceptors (Lipinski definition) is 3. The number of hydrogen-bond donors (Lipinski definition) is 0. The number of nitriles is 1. The molecule has 0 aliphatic carbocycles. The van der Waals surface area contributed by atoms with Crippen LogP contribution in [0.5, 0.6) is 0 Å². The summed E-state index contributed by atoms with van der Waals surface area (Å²) in [5.41, 5.74) is 2.02. The fourth-order valence-corrected chi connectivity index (χ4v) is 4.05. The Morgan fingerprint density at radius 1 is 1.29 bits per heavy atom. The molecule has 0 bridgehead atoms. The molecule has 1 aliphatic rings. The summed E-state index contributed by atoms with van der Waals surface area (Å²) in [6.07, 6.45) is 6.50. The maximum Gasteiger partial charge on any atom is 0.103 e. The second-order valence-corrected chi connectivity index (χ2v) is 7.07. The highest BCUT2D eigenvalue weighted by Crippen LogP contribution is 2.32. The molecule has 0 radical (unpaired) electrons.